The fraction of sp³-hybridized carbons (Fsp3) is 0. The van der Waals surface area contributed by atoms with Gasteiger partial charge in [-0.3, -0.25) is 0 Å². The smallest absolute Gasteiger partial charge is 0.169 e. The van der Waals surface area contributed by atoms with Crippen molar-refractivity contribution in [3.05, 3.63) is 62.2 Å². The zero-order valence-corrected chi connectivity index (χ0v) is 14.2. The topological polar surface area (TPSA) is 49.8 Å². The molecule has 0 spiro atoms. The molecule has 0 amide bonds. The second-order valence-corrected chi connectivity index (χ2v) is 6.43. The van der Waals surface area contributed by atoms with Gasteiger partial charge in [0.05, 0.1) is 11.3 Å². The maximum absolute atomic E-state index is 9.34. The number of rotatable bonds is 3. The first kappa shape index (κ1) is 15.0. The predicted octanol–water partition coefficient (Wildman–Crippen LogP) is 5.88. The lowest BCUT2D eigenvalue weighted by atomic mass is 10.2. The van der Waals surface area contributed by atoms with Crippen molar-refractivity contribution >= 4 is 50.5 Å². The van der Waals surface area contributed by atoms with E-state index in [1.54, 1.807) is 18.2 Å². The summed E-state index contributed by atoms with van der Waals surface area (Å²) in [6.07, 6.45) is 1.68. The van der Waals surface area contributed by atoms with Crippen LogP contribution in [0.5, 0.6) is 0 Å². The van der Waals surface area contributed by atoms with E-state index in [0.717, 1.165) is 11.3 Å². The van der Waals surface area contributed by atoms with E-state index >= 15 is 0 Å². The summed E-state index contributed by atoms with van der Waals surface area (Å²) in [6.45, 7) is 0. The monoisotopic (exact) mass is 390 g/mol. The minimum Gasteiger partial charge on any atom is -0.450 e. The highest BCUT2D eigenvalue weighted by Gasteiger charge is 2.10. The Kier molecular flexibility index (Phi) is 4.44. The molecule has 0 aliphatic heterocycles. The zero-order chi connectivity index (χ0) is 15.5. The number of hydrogen-bond acceptors (Lipinski definition) is 4. The van der Waals surface area contributed by atoms with Crippen LogP contribution in [-0.2, 0) is 0 Å². The molecule has 108 valence electrons. The van der Waals surface area contributed by atoms with Gasteiger partial charge in [0.25, 0.3) is 0 Å². The third-order valence-corrected chi connectivity index (χ3v) is 4.43. The molecule has 0 fully saturated rings. The summed E-state index contributed by atoms with van der Waals surface area (Å²) >= 11 is 10.5. The predicted molar refractivity (Wildman–Crippen MR) is 92.5 cm³/mol. The maximum Gasteiger partial charge on any atom is 0.169 e. The molecule has 6 heteroatoms. The first-order chi connectivity index (χ1) is 10.7. The summed E-state index contributed by atoms with van der Waals surface area (Å²) in [7, 11) is 0. The van der Waals surface area contributed by atoms with Crippen LogP contribution >= 0.6 is 38.9 Å². The highest BCUT2D eigenvalue weighted by molar-refractivity contribution is 9.10. The average molecular weight is 392 g/mol. The minimum atomic E-state index is 0.465. The van der Waals surface area contributed by atoms with E-state index in [4.69, 9.17) is 16.0 Å². The molecule has 0 saturated carbocycles. The normalized spacial score (nSPS) is 11.4. The van der Waals surface area contributed by atoms with Crippen molar-refractivity contribution in [3.8, 4) is 17.3 Å². The van der Waals surface area contributed by atoms with Crippen molar-refractivity contribution in [1.82, 2.24) is 4.98 Å². The van der Waals surface area contributed by atoms with Crippen LogP contribution in [-0.4, -0.2) is 4.98 Å². The average Bonchev–Trinajstić information content (AvgIpc) is 3.15. The van der Waals surface area contributed by atoms with Crippen molar-refractivity contribution in [3.63, 3.8) is 0 Å². The van der Waals surface area contributed by atoms with Crippen LogP contribution in [0, 0.1) is 11.3 Å². The van der Waals surface area contributed by atoms with Crippen LogP contribution in [0.4, 0.5) is 0 Å². The summed E-state index contributed by atoms with van der Waals surface area (Å²) in [6, 6.07) is 13.2. The van der Waals surface area contributed by atoms with Crippen LogP contribution in [0.3, 0.4) is 0 Å². The lowest BCUT2D eigenvalue weighted by molar-refractivity contribution is 0.532. The number of halogens is 2. The van der Waals surface area contributed by atoms with E-state index in [1.165, 1.54) is 11.3 Å². The van der Waals surface area contributed by atoms with Crippen LogP contribution in [0.2, 0.25) is 5.02 Å². The van der Waals surface area contributed by atoms with Gasteiger partial charge in [0.1, 0.15) is 16.8 Å². The molecule has 0 saturated heterocycles. The van der Waals surface area contributed by atoms with Crippen molar-refractivity contribution in [2.45, 2.75) is 0 Å². The van der Waals surface area contributed by atoms with Crippen LogP contribution in [0.15, 0.2) is 50.9 Å². The van der Waals surface area contributed by atoms with Gasteiger partial charge in [-0.1, -0.05) is 23.7 Å². The van der Waals surface area contributed by atoms with E-state index in [-0.39, 0.29) is 0 Å². The maximum atomic E-state index is 9.34. The Morgan fingerprint density at radius 3 is 2.68 bits per heavy atom. The fourth-order valence-corrected chi connectivity index (χ4v) is 3.08. The second kappa shape index (κ2) is 6.49. The molecule has 0 aliphatic carbocycles. The molecule has 2 heterocycles. The van der Waals surface area contributed by atoms with Gasteiger partial charge < -0.3 is 4.42 Å². The molecule has 0 N–H and O–H groups in total. The number of thiazole rings is 1. The molecule has 3 aromatic rings. The van der Waals surface area contributed by atoms with Gasteiger partial charge in [0.2, 0.25) is 0 Å². The lowest BCUT2D eigenvalue weighted by Crippen LogP contribution is -1.82. The molecule has 3 rings (SSSR count). The quantitative estimate of drug-likeness (QED) is 0.524. The molecule has 3 nitrogen and oxygen atoms in total. The molecular weight excluding hydrogens is 384 g/mol. The summed E-state index contributed by atoms with van der Waals surface area (Å²) in [5.74, 6) is 0.603. The van der Waals surface area contributed by atoms with Crippen LogP contribution in [0.25, 0.3) is 22.9 Å². The summed E-state index contributed by atoms with van der Waals surface area (Å²) in [5.41, 5.74) is 2.25. The van der Waals surface area contributed by atoms with Crippen molar-refractivity contribution in [2.75, 3.05) is 0 Å². The van der Waals surface area contributed by atoms with Gasteiger partial charge in [-0.05, 0) is 40.2 Å². The largest absolute Gasteiger partial charge is 0.450 e. The summed E-state index contributed by atoms with van der Waals surface area (Å²) < 4.78 is 6.02. The first-order valence-corrected chi connectivity index (χ1v) is 8.30. The van der Waals surface area contributed by atoms with Crippen LogP contribution < -0.4 is 0 Å². The van der Waals surface area contributed by atoms with Crippen molar-refractivity contribution in [1.29, 1.82) is 5.26 Å². The molecule has 2 aromatic heterocycles. The third kappa shape index (κ3) is 3.30. The summed E-state index contributed by atoms with van der Waals surface area (Å²) in [4.78, 5) is 4.52. The van der Waals surface area contributed by atoms with E-state index < -0.39 is 0 Å². The Bertz CT molecular complexity index is 874. The fourth-order valence-electron chi connectivity index (χ4n) is 1.84. The Morgan fingerprint density at radius 1 is 1.27 bits per heavy atom. The molecule has 0 atom stereocenters. The van der Waals surface area contributed by atoms with Gasteiger partial charge in [-0.25, -0.2) is 4.98 Å². The van der Waals surface area contributed by atoms with Gasteiger partial charge >= 0.3 is 0 Å². The van der Waals surface area contributed by atoms with Gasteiger partial charge in [0.15, 0.2) is 4.67 Å². The highest BCUT2D eigenvalue weighted by Crippen LogP contribution is 2.28. The number of nitriles is 1. The SMILES string of the molecule is N#CC(=Cc1ccc(Br)o1)c1nc(-c2ccc(Cl)cc2)cs1. The third-order valence-electron chi connectivity index (χ3n) is 2.88. The standard InChI is InChI=1S/C16H8BrClN2OS/c17-15-6-5-13(21-15)7-11(8-19)16-20-14(9-22-16)10-1-3-12(18)4-2-10/h1-7,9H. The van der Waals surface area contributed by atoms with E-state index in [9.17, 15) is 5.26 Å². The number of benzene rings is 1. The van der Waals surface area contributed by atoms with Crippen molar-refractivity contribution in [2.24, 2.45) is 0 Å². The Balaban J connectivity index is 1.93. The number of nitrogens with zero attached hydrogens (tertiary/aromatic N) is 2. The number of aromatic nitrogens is 1. The number of hydrogen-bond donors (Lipinski definition) is 0. The Morgan fingerprint density at radius 2 is 2.05 bits per heavy atom. The van der Waals surface area contributed by atoms with Crippen molar-refractivity contribution < 1.29 is 4.42 Å². The number of allylic oxidation sites excluding steroid dienone is 1. The van der Waals surface area contributed by atoms with E-state index in [1.807, 2.05) is 29.6 Å². The van der Waals surface area contributed by atoms with Gasteiger partial charge in [0, 0.05) is 22.0 Å². The molecule has 0 radical (unpaired) electrons. The molecule has 0 unspecified atom stereocenters. The van der Waals surface area contributed by atoms with Gasteiger partial charge in [-0.2, -0.15) is 5.26 Å². The minimum absolute atomic E-state index is 0.465. The highest BCUT2D eigenvalue weighted by atomic mass is 79.9. The number of furan rings is 1. The van der Waals surface area contributed by atoms with E-state index in [0.29, 0.717) is 26.0 Å². The first-order valence-electron chi connectivity index (χ1n) is 6.24. The Labute approximate surface area is 144 Å². The molecular formula is C16H8BrClN2OS. The molecule has 22 heavy (non-hydrogen) atoms. The second-order valence-electron chi connectivity index (χ2n) is 4.36. The summed E-state index contributed by atoms with van der Waals surface area (Å²) in [5, 5.41) is 12.6. The molecule has 0 aliphatic rings. The lowest BCUT2D eigenvalue weighted by Gasteiger charge is -1.96. The zero-order valence-electron chi connectivity index (χ0n) is 11.1. The van der Waals surface area contributed by atoms with Gasteiger partial charge in [-0.15, -0.1) is 11.3 Å². The van der Waals surface area contributed by atoms with Crippen LogP contribution in [0.1, 0.15) is 10.8 Å². The Hall–Kier alpha value is -1.87. The van der Waals surface area contributed by atoms with E-state index in [2.05, 4.69) is 27.0 Å². The molecule has 1 aromatic carbocycles. The molecule has 0 bridgehead atoms.